The lowest BCUT2D eigenvalue weighted by atomic mass is 9.99. The summed E-state index contributed by atoms with van der Waals surface area (Å²) in [4.78, 5) is 31.4. The zero-order valence-electron chi connectivity index (χ0n) is 30.3. The van der Waals surface area contributed by atoms with Crippen LogP contribution in [0, 0.1) is 6.92 Å². The van der Waals surface area contributed by atoms with Crippen LogP contribution in [0.2, 0.25) is 0 Å². The van der Waals surface area contributed by atoms with Crippen LogP contribution < -0.4 is 14.5 Å². The summed E-state index contributed by atoms with van der Waals surface area (Å²) in [5.74, 6) is 0.881. The summed E-state index contributed by atoms with van der Waals surface area (Å²) >= 11 is 0. The van der Waals surface area contributed by atoms with E-state index in [9.17, 15) is 9.18 Å². The first-order chi connectivity index (χ1) is 23.7. The molecule has 0 bridgehead atoms. The molecule has 0 N–H and O–H groups in total. The zero-order chi connectivity index (χ0) is 34.9. The molecule has 0 spiro atoms. The van der Waals surface area contributed by atoms with E-state index in [-0.39, 0.29) is 18.0 Å². The number of alkyl halides is 1. The molecule has 49 heavy (non-hydrogen) atoms. The highest BCUT2D eigenvalue weighted by Gasteiger charge is 2.33. The van der Waals surface area contributed by atoms with E-state index in [1.165, 1.54) is 41.3 Å². The zero-order valence-corrected chi connectivity index (χ0v) is 30.3. The number of rotatable bonds is 10. The van der Waals surface area contributed by atoms with Crippen molar-refractivity contribution in [2.45, 2.75) is 84.6 Å². The molecule has 0 radical (unpaired) electrons. The number of amides is 1. The molecule has 1 aromatic heterocycles. The third-order valence-corrected chi connectivity index (χ3v) is 9.94. The molecular weight excluding hydrogens is 619 g/mol. The number of likely N-dealkylation sites (tertiary alicyclic amines) is 1. The van der Waals surface area contributed by atoms with E-state index in [1.807, 2.05) is 16.8 Å². The van der Waals surface area contributed by atoms with Gasteiger partial charge in [0, 0.05) is 74.6 Å². The number of halogens is 1. The predicted molar refractivity (Wildman–Crippen MR) is 196 cm³/mol. The summed E-state index contributed by atoms with van der Waals surface area (Å²) in [6.07, 6.45) is 7.84. The van der Waals surface area contributed by atoms with Gasteiger partial charge in [-0.2, -0.15) is 9.97 Å². The van der Waals surface area contributed by atoms with Crippen molar-refractivity contribution in [3.05, 3.63) is 65.4 Å². The Morgan fingerprint density at radius 1 is 1.04 bits per heavy atom. The van der Waals surface area contributed by atoms with Crippen molar-refractivity contribution in [1.29, 1.82) is 0 Å². The number of likely N-dealkylation sites (N-methyl/N-ethyl adjacent to an activating group) is 1. The Balaban J connectivity index is 0.000000874. The molecule has 4 heterocycles. The number of unbranched alkanes of at least 4 members (excludes halogenated alkanes) is 2. The standard InChI is InChI=1S/C34H43FN6O3.C5H12/c1-23-8-5-9-25-10-6-11-30(32(23)25)39-14-13-28-29(21-39)36-34(44-22-27-18-26(35)20-38(27)3)37-33(28)40-15-16-41(24(2)19-40)31(42)12-7-17-43-4;1-3-5-4-2/h5-12,24,26-27H,13-22H2,1-4H3;3-5H2,1-2H3/b12-7+;/t24-,26?,27?;/m0./s1. The fourth-order valence-corrected chi connectivity index (χ4v) is 7.24. The minimum absolute atomic E-state index is 0.00388. The molecule has 2 unspecified atom stereocenters. The second kappa shape index (κ2) is 17.3. The normalized spacial score (nSPS) is 21.2. The second-order valence-corrected chi connectivity index (χ2v) is 13.7. The Labute approximate surface area is 292 Å². The lowest BCUT2D eigenvalue weighted by molar-refractivity contribution is -0.128. The largest absolute Gasteiger partial charge is 0.462 e. The number of methoxy groups -OCH3 is 1. The van der Waals surface area contributed by atoms with Gasteiger partial charge in [-0.1, -0.05) is 69.5 Å². The van der Waals surface area contributed by atoms with E-state index in [0.717, 1.165) is 30.0 Å². The summed E-state index contributed by atoms with van der Waals surface area (Å²) in [5.41, 5.74) is 4.55. The van der Waals surface area contributed by atoms with Crippen LogP contribution in [-0.2, 0) is 22.5 Å². The summed E-state index contributed by atoms with van der Waals surface area (Å²) in [5, 5.41) is 2.49. The van der Waals surface area contributed by atoms with Gasteiger partial charge < -0.3 is 24.2 Å². The molecule has 10 heteroatoms. The van der Waals surface area contributed by atoms with Gasteiger partial charge in [-0.05, 0) is 50.8 Å². The number of nitrogens with zero attached hydrogens (tertiary/aromatic N) is 6. The van der Waals surface area contributed by atoms with Crippen LogP contribution in [-0.4, -0.2) is 104 Å². The van der Waals surface area contributed by atoms with Gasteiger partial charge in [0.15, 0.2) is 0 Å². The second-order valence-electron chi connectivity index (χ2n) is 13.7. The number of benzene rings is 2. The number of hydrogen-bond donors (Lipinski definition) is 0. The van der Waals surface area contributed by atoms with Crippen LogP contribution in [0.4, 0.5) is 15.9 Å². The molecule has 1 amide bonds. The molecule has 3 aromatic rings. The minimum atomic E-state index is -0.837. The maximum Gasteiger partial charge on any atom is 0.318 e. The molecule has 6 rings (SSSR count). The molecule has 2 aromatic carbocycles. The molecule has 9 nitrogen and oxygen atoms in total. The third kappa shape index (κ3) is 8.89. The predicted octanol–water partition coefficient (Wildman–Crippen LogP) is 6.36. The smallest absolute Gasteiger partial charge is 0.318 e. The van der Waals surface area contributed by atoms with Gasteiger partial charge in [-0.15, -0.1) is 0 Å². The molecule has 3 aliphatic heterocycles. The van der Waals surface area contributed by atoms with Gasteiger partial charge >= 0.3 is 6.01 Å². The Hall–Kier alpha value is -3.76. The maximum atomic E-state index is 14.1. The minimum Gasteiger partial charge on any atom is -0.462 e. The van der Waals surface area contributed by atoms with Crippen molar-refractivity contribution in [3.63, 3.8) is 0 Å². The Morgan fingerprint density at radius 3 is 2.49 bits per heavy atom. The average molecular weight is 675 g/mol. The molecule has 2 saturated heterocycles. The van der Waals surface area contributed by atoms with E-state index < -0.39 is 6.17 Å². The van der Waals surface area contributed by atoms with Gasteiger partial charge in [0.1, 0.15) is 18.6 Å². The Morgan fingerprint density at radius 2 is 1.82 bits per heavy atom. The maximum absolute atomic E-state index is 14.1. The molecule has 266 valence electrons. The third-order valence-electron chi connectivity index (χ3n) is 9.94. The summed E-state index contributed by atoms with van der Waals surface area (Å²) in [6, 6.07) is 13.2. The van der Waals surface area contributed by atoms with Crippen molar-refractivity contribution in [3.8, 4) is 6.01 Å². The highest BCUT2D eigenvalue weighted by atomic mass is 19.1. The van der Waals surface area contributed by atoms with Gasteiger partial charge in [0.2, 0.25) is 5.91 Å². The number of aryl methyl sites for hydroxylation is 1. The van der Waals surface area contributed by atoms with Crippen LogP contribution in [0.15, 0.2) is 48.6 Å². The number of aromatic nitrogens is 2. The van der Waals surface area contributed by atoms with Crippen molar-refractivity contribution >= 4 is 28.2 Å². The van der Waals surface area contributed by atoms with E-state index in [0.29, 0.717) is 58.4 Å². The monoisotopic (exact) mass is 674 g/mol. The van der Waals surface area contributed by atoms with Gasteiger partial charge in [-0.25, -0.2) is 4.39 Å². The fourth-order valence-electron chi connectivity index (χ4n) is 7.24. The lowest BCUT2D eigenvalue weighted by Gasteiger charge is -2.41. The Kier molecular flexibility index (Phi) is 12.9. The topological polar surface area (TPSA) is 74.3 Å². The van der Waals surface area contributed by atoms with Crippen molar-refractivity contribution in [1.82, 2.24) is 19.8 Å². The molecule has 3 atom stereocenters. The van der Waals surface area contributed by atoms with Crippen molar-refractivity contribution in [2.24, 2.45) is 0 Å². The highest BCUT2D eigenvalue weighted by Crippen LogP contribution is 2.36. The highest BCUT2D eigenvalue weighted by molar-refractivity contribution is 5.97. The summed E-state index contributed by atoms with van der Waals surface area (Å²) in [7, 11) is 3.55. The van der Waals surface area contributed by atoms with Crippen molar-refractivity contribution in [2.75, 3.05) is 69.9 Å². The van der Waals surface area contributed by atoms with Crippen LogP contribution in [0.25, 0.3) is 10.8 Å². The van der Waals surface area contributed by atoms with Crippen LogP contribution >= 0.6 is 0 Å². The number of anilines is 2. The first-order valence-electron chi connectivity index (χ1n) is 18.0. The number of carbonyl (C=O) groups is 1. The number of piperazine rings is 1. The molecular formula is C39H55FN6O3. The van der Waals surface area contributed by atoms with Crippen LogP contribution in [0.1, 0.15) is 63.3 Å². The molecule has 0 saturated carbocycles. The van der Waals surface area contributed by atoms with Crippen LogP contribution in [0.5, 0.6) is 6.01 Å². The SMILES string of the molecule is CCCCC.COC/C=C/C(=O)N1CCN(c2nc(OCC3CC(F)CN3C)nc3c2CCN(c2cccc4cccc(C)c24)C3)C[C@@H]1C. The number of ether oxygens (including phenoxy) is 2. The fraction of sp³-hybridized carbons (Fsp3) is 0.564. The number of hydrogen-bond acceptors (Lipinski definition) is 8. The van der Waals surface area contributed by atoms with E-state index >= 15 is 0 Å². The van der Waals surface area contributed by atoms with E-state index in [2.05, 4.69) is 73.9 Å². The van der Waals surface area contributed by atoms with Gasteiger partial charge in [0.05, 0.1) is 18.8 Å². The van der Waals surface area contributed by atoms with E-state index in [4.69, 9.17) is 19.4 Å². The van der Waals surface area contributed by atoms with Crippen molar-refractivity contribution < 1.29 is 18.7 Å². The average Bonchev–Trinajstić information content (AvgIpc) is 3.43. The number of carbonyl (C=O) groups excluding carboxylic acids is 1. The van der Waals surface area contributed by atoms with E-state index in [1.54, 1.807) is 19.3 Å². The molecule has 3 aliphatic rings. The molecule has 0 aliphatic carbocycles. The number of fused-ring (bicyclic) bond motifs is 2. The first kappa shape index (κ1) is 36.5. The van der Waals surface area contributed by atoms with Gasteiger partial charge in [-0.3, -0.25) is 9.69 Å². The summed E-state index contributed by atoms with van der Waals surface area (Å²) in [6.45, 7) is 13.2. The van der Waals surface area contributed by atoms with Gasteiger partial charge in [0.25, 0.3) is 0 Å². The van der Waals surface area contributed by atoms with Crippen LogP contribution in [0.3, 0.4) is 0 Å². The molecule has 2 fully saturated rings. The Bertz CT molecular complexity index is 1580. The first-order valence-corrected chi connectivity index (χ1v) is 18.0. The quantitative estimate of drug-likeness (QED) is 0.230. The lowest BCUT2D eigenvalue weighted by Crippen LogP contribution is -2.54. The summed E-state index contributed by atoms with van der Waals surface area (Å²) < 4.78 is 25.3.